The van der Waals surface area contributed by atoms with E-state index in [9.17, 15) is 4.79 Å². The van der Waals surface area contributed by atoms with Crippen LogP contribution in [0.15, 0.2) is 12.7 Å². The topological polar surface area (TPSA) is 67.2 Å². The Morgan fingerprint density at radius 3 is 2.69 bits per heavy atom. The van der Waals surface area contributed by atoms with Gasteiger partial charge in [-0.1, -0.05) is 6.08 Å². The first-order valence-electron chi connectivity index (χ1n) is 5.45. The van der Waals surface area contributed by atoms with Crippen molar-refractivity contribution in [2.75, 3.05) is 19.6 Å². The normalized spacial score (nSPS) is 18.1. The van der Waals surface area contributed by atoms with Crippen molar-refractivity contribution in [2.24, 2.45) is 11.7 Å². The monoisotopic (exact) mass is 247 g/mol. The van der Waals surface area contributed by atoms with Crippen molar-refractivity contribution < 1.29 is 4.79 Å². The molecule has 0 saturated heterocycles. The third kappa shape index (κ3) is 4.51. The van der Waals surface area contributed by atoms with Gasteiger partial charge in [0.2, 0.25) is 5.91 Å². The Balaban J connectivity index is 0.00000225. The van der Waals surface area contributed by atoms with Crippen molar-refractivity contribution in [3.63, 3.8) is 0 Å². The van der Waals surface area contributed by atoms with Crippen molar-refractivity contribution in [3.05, 3.63) is 12.7 Å². The van der Waals surface area contributed by atoms with Crippen molar-refractivity contribution in [2.45, 2.75) is 25.3 Å². The maximum Gasteiger partial charge on any atom is 0.234 e. The van der Waals surface area contributed by atoms with Crippen LogP contribution >= 0.6 is 12.4 Å². The fraction of sp³-hybridized carbons (Fsp3) is 0.727. The number of carbonyl (C=O) groups is 1. The van der Waals surface area contributed by atoms with E-state index in [2.05, 4.69) is 24.1 Å². The molecule has 1 rings (SSSR count). The zero-order chi connectivity index (χ0) is 11.3. The summed E-state index contributed by atoms with van der Waals surface area (Å²) in [5.74, 6) is 0.630. The van der Waals surface area contributed by atoms with Gasteiger partial charge in [0, 0.05) is 18.6 Å². The molecule has 1 amide bonds. The quantitative estimate of drug-likeness (QED) is 0.572. The number of carbonyl (C=O) groups excluding carboxylic acids is 1. The second-order valence-corrected chi connectivity index (χ2v) is 4.34. The van der Waals surface area contributed by atoms with E-state index < -0.39 is 0 Å². The number of hydrogen-bond acceptors (Lipinski definition) is 3. The second-order valence-electron chi connectivity index (χ2n) is 4.34. The molecule has 5 heteroatoms. The molecule has 0 aromatic heterocycles. The van der Waals surface area contributed by atoms with Gasteiger partial charge in [0.05, 0.1) is 6.54 Å². The lowest BCUT2D eigenvalue weighted by atomic mass is 9.96. The first kappa shape index (κ1) is 15.4. The molecule has 16 heavy (non-hydrogen) atoms. The van der Waals surface area contributed by atoms with E-state index in [0.717, 1.165) is 0 Å². The maximum absolute atomic E-state index is 11.3. The molecule has 0 radical (unpaired) electrons. The van der Waals surface area contributed by atoms with Crippen LogP contribution in [-0.4, -0.2) is 31.1 Å². The highest BCUT2D eigenvalue weighted by Crippen LogP contribution is 2.38. The summed E-state index contributed by atoms with van der Waals surface area (Å²) < 4.78 is 0. The summed E-state index contributed by atoms with van der Waals surface area (Å²) in [4.78, 5) is 11.3. The van der Waals surface area contributed by atoms with Crippen molar-refractivity contribution in [1.82, 2.24) is 10.6 Å². The lowest BCUT2D eigenvalue weighted by molar-refractivity contribution is -0.120. The van der Waals surface area contributed by atoms with Gasteiger partial charge in [0.1, 0.15) is 0 Å². The highest BCUT2D eigenvalue weighted by atomic mass is 35.5. The molecule has 0 spiro atoms. The number of rotatable bonds is 7. The molecular weight excluding hydrogens is 226 g/mol. The van der Waals surface area contributed by atoms with E-state index in [4.69, 9.17) is 5.73 Å². The third-order valence-corrected chi connectivity index (χ3v) is 3.00. The Bertz CT molecular complexity index is 243. The summed E-state index contributed by atoms with van der Waals surface area (Å²) in [6.45, 7) is 7.05. The summed E-state index contributed by atoms with van der Waals surface area (Å²) in [5, 5.41) is 5.97. The Labute approximate surface area is 103 Å². The van der Waals surface area contributed by atoms with E-state index in [1.807, 2.05) is 0 Å². The Morgan fingerprint density at radius 2 is 2.25 bits per heavy atom. The van der Waals surface area contributed by atoms with Gasteiger partial charge >= 0.3 is 0 Å². The minimum absolute atomic E-state index is 0. The average Bonchev–Trinajstić information content (AvgIpc) is 3.06. The van der Waals surface area contributed by atoms with Crippen LogP contribution < -0.4 is 16.4 Å². The van der Waals surface area contributed by atoms with Gasteiger partial charge in [-0.15, -0.1) is 19.0 Å². The molecule has 0 heterocycles. The van der Waals surface area contributed by atoms with Crippen molar-refractivity contribution in [1.29, 1.82) is 0 Å². The summed E-state index contributed by atoms with van der Waals surface area (Å²) in [6, 6.07) is 0. The van der Waals surface area contributed by atoms with Gasteiger partial charge in [-0.25, -0.2) is 0 Å². The zero-order valence-electron chi connectivity index (χ0n) is 9.79. The van der Waals surface area contributed by atoms with Gasteiger partial charge in [-0.3, -0.25) is 4.79 Å². The van der Waals surface area contributed by atoms with Gasteiger partial charge in [-0.2, -0.15) is 0 Å². The molecule has 0 aromatic rings. The Hall–Kier alpha value is -0.580. The van der Waals surface area contributed by atoms with Gasteiger partial charge in [-0.05, 0) is 25.7 Å². The standard InChI is InChI=1S/C11H21N3O.ClH/c1-3-6-13-10(15)7-14-11(2,8-12)9-4-5-9;/h3,9,14H,1,4-8,12H2,2H3,(H,13,15);1H. The van der Waals surface area contributed by atoms with Gasteiger partial charge in [0.25, 0.3) is 0 Å². The van der Waals surface area contributed by atoms with E-state index in [0.29, 0.717) is 25.6 Å². The fourth-order valence-electron chi connectivity index (χ4n) is 1.63. The Kier molecular flexibility index (Phi) is 6.64. The molecule has 1 fully saturated rings. The minimum Gasteiger partial charge on any atom is -0.352 e. The van der Waals surface area contributed by atoms with Crippen molar-refractivity contribution in [3.8, 4) is 0 Å². The SMILES string of the molecule is C=CCNC(=O)CNC(C)(CN)C1CC1.Cl. The van der Waals surface area contributed by atoms with E-state index in [-0.39, 0.29) is 23.9 Å². The van der Waals surface area contributed by atoms with Crippen LogP contribution in [0.25, 0.3) is 0 Å². The fourth-order valence-corrected chi connectivity index (χ4v) is 1.63. The highest BCUT2D eigenvalue weighted by molar-refractivity contribution is 5.85. The lowest BCUT2D eigenvalue weighted by Gasteiger charge is -2.29. The van der Waals surface area contributed by atoms with Crippen LogP contribution in [0.1, 0.15) is 19.8 Å². The molecule has 1 unspecified atom stereocenters. The smallest absolute Gasteiger partial charge is 0.234 e. The number of hydrogen-bond donors (Lipinski definition) is 3. The van der Waals surface area contributed by atoms with Crippen LogP contribution in [0.2, 0.25) is 0 Å². The van der Waals surface area contributed by atoms with E-state index >= 15 is 0 Å². The molecular formula is C11H22ClN3O. The van der Waals surface area contributed by atoms with Gasteiger partial charge < -0.3 is 16.4 Å². The number of halogens is 1. The summed E-state index contributed by atoms with van der Waals surface area (Å²) >= 11 is 0. The molecule has 0 aromatic carbocycles. The van der Waals surface area contributed by atoms with Crippen molar-refractivity contribution >= 4 is 18.3 Å². The van der Waals surface area contributed by atoms with Crippen LogP contribution in [0.4, 0.5) is 0 Å². The molecule has 1 aliphatic rings. The molecule has 0 bridgehead atoms. The van der Waals surface area contributed by atoms with Gasteiger partial charge in [0.15, 0.2) is 0 Å². The molecule has 1 atom stereocenters. The summed E-state index contributed by atoms with van der Waals surface area (Å²) in [7, 11) is 0. The number of nitrogens with one attached hydrogen (secondary N) is 2. The molecule has 4 N–H and O–H groups in total. The van der Waals surface area contributed by atoms with Crippen LogP contribution in [0.5, 0.6) is 0 Å². The molecule has 4 nitrogen and oxygen atoms in total. The molecule has 1 saturated carbocycles. The maximum atomic E-state index is 11.3. The molecule has 94 valence electrons. The van der Waals surface area contributed by atoms with Crippen LogP contribution in [-0.2, 0) is 4.79 Å². The summed E-state index contributed by atoms with van der Waals surface area (Å²) in [6.07, 6.45) is 4.10. The third-order valence-electron chi connectivity index (χ3n) is 3.00. The highest BCUT2D eigenvalue weighted by Gasteiger charge is 2.40. The average molecular weight is 248 g/mol. The first-order chi connectivity index (χ1) is 7.12. The Morgan fingerprint density at radius 1 is 1.62 bits per heavy atom. The second kappa shape index (κ2) is 6.89. The lowest BCUT2D eigenvalue weighted by Crippen LogP contribution is -2.53. The molecule has 0 aliphatic heterocycles. The summed E-state index contributed by atoms with van der Waals surface area (Å²) in [5.41, 5.74) is 5.65. The first-order valence-corrected chi connectivity index (χ1v) is 5.45. The largest absolute Gasteiger partial charge is 0.352 e. The predicted octanol–water partition coefficient (Wildman–Crippen LogP) is 0.427. The number of amides is 1. The molecule has 1 aliphatic carbocycles. The van der Waals surface area contributed by atoms with E-state index in [1.165, 1.54) is 12.8 Å². The zero-order valence-corrected chi connectivity index (χ0v) is 10.6. The predicted molar refractivity (Wildman–Crippen MR) is 68.6 cm³/mol. The van der Waals surface area contributed by atoms with E-state index in [1.54, 1.807) is 6.08 Å². The van der Waals surface area contributed by atoms with Crippen LogP contribution in [0.3, 0.4) is 0 Å². The van der Waals surface area contributed by atoms with Crippen LogP contribution in [0, 0.1) is 5.92 Å². The number of nitrogens with two attached hydrogens (primary N) is 1. The minimum atomic E-state index is -0.0779.